The third-order valence-corrected chi connectivity index (χ3v) is 2.99. The smallest absolute Gasteiger partial charge is 0.261 e. The number of hydrogen-bond acceptors (Lipinski definition) is 6. The molecule has 1 unspecified atom stereocenters. The molecule has 3 rings (SSSR count). The lowest BCUT2D eigenvalue weighted by molar-refractivity contribution is 0.192. The van der Waals surface area contributed by atoms with E-state index in [1.54, 1.807) is 12.1 Å². The van der Waals surface area contributed by atoms with Gasteiger partial charge in [0.25, 0.3) is 5.89 Å². The molecule has 0 radical (unpaired) electrons. The molecule has 18 heavy (non-hydrogen) atoms. The van der Waals surface area contributed by atoms with Crippen LogP contribution in [0.4, 0.5) is 5.69 Å². The van der Waals surface area contributed by atoms with Crippen molar-refractivity contribution in [1.29, 1.82) is 0 Å². The van der Waals surface area contributed by atoms with Crippen LogP contribution in [0.15, 0.2) is 22.7 Å². The number of aromatic hydroxyl groups is 1. The predicted molar refractivity (Wildman–Crippen MR) is 64.0 cm³/mol. The van der Waals surface area contributed by atoms with Gasteiger partial charge in [-0.2, -0.15) is 4.98 Å². The molecule has 6 nitrogen and oxygen atoms in total. The van der Waals surface area contributed by atoms with Crippen molar-refractivity contribution in [2.75, 3.05) is 18.9 Å². The van der Waals surface area contributed by atoms with Crippen LogP contribution in [0, 0.1) is 0 Å². The van der Waals surface area contributed by atoms with Gasteiger partial charge in [0.2, 0.25) is 0 Å². The first-order valence-corrected chi connectivity index (χ1v) is 5.74. The summed E-state index contributed by atoms with van der Waals surface area (Å²) < 4.78 is 10.4. The molecule has 1 aromatic heterocycles. The lowest BCUT2D eigenvalue weighted by Crippen LogP contribution is -1.99. The Labute approximate surface area is 103 Å². The Morgan fingerprint density at radius 3 is 3.00 bits per heavy atom. The molecule has 0 amide bonds. The standard InChI is InChI=1S/C12H13N3O3/c13-8-1-2-9(10(16)5-8)12-14-11(15-18-12)7-3-4-17-6-7/h1-2,5,7,16H,3-4,6,13H2. The van der Waals surface area contributed by atoms with Crippen LogP contribution in [0.2, 0.25) is 0 Å². The predicted octanol–water partition coefficient (Wildman–Crippen LogP) is 1.53. The molecule has 1 fully saturated rings. The summed E-state index contributed by atoms with van der Waals surface area (Å²) in [7, 11) is 0. The lowest BCUT2D eigenvalue weighted by Gasteiger charge is -2.00. The summed E-state index contributed by atoms with van der Waals surface area (Å²) >= 11 is 0. The molecule has 1 aromatic carbocycles. The topological polar surface area (TPSA) is 94.4 Å². The van der Waals surface area contributed by atoms with Gasteiger partial charge in [0.1, 0.15) is 5.75 Å². The van der Waals surface area contributed by atoms with Gasteiger partial charge in [-0.15, -0.1) is 0 Å². The van der Waals surface area contributed by atoms with E-state index in [-0.39, 0.29) is 11.7 Å². The minimum Gasteiger partial charge on any atom is -0.507 e. The fourth-order valence-corrected chi connectivity index (χ4v) is 1.98. The van der Waals surface area contributed by atoms with Gasteiger partial charge in [0.15, 0.2) is 5.82 Å². The first-order valence-electron chi connectivity index (χ1n) is 5.74. The molecule has 1 aliphatic rings. The van der Waals surface area contributed by atoms with Crippen LogP contribution >= 0.6 is 0 Å². The number of nitrogen functional groups attached to an aromatic ring is 1. The molecule has 1 atom stereocenters. The normalized spacial score (nSPS) is 19.2. The van der Waals surface area contributed by atoms with Crippen LogP contribution in [-0.2, 0) is 4.74 Å². The molecule has 0 bridgehead atoms. The van der Waals surface area contributed by atoms with Crippen molar-refractivity contribution in [1.82, 2.24) is 10.1 Å². The molecule has 0 saturated carbocycles. The number of phenolic OH excluding ortho intramolecular Hbond substituents is 1. The average Bonchev–Trinajstić information content (AvgIpc) is 2.99. The number of aromatic nitrogens is 2. The van der Waals surface area contributed by atoms with Crippen molar-refractivity contribution in [3.8, 4) is 17.2 Å². The maximum Gasteiger partial charge on any atom is 0.261 e. The summed E-state index contributed by atoms with van der Waals surface area (Å²) in [6.07, 6.45) is 0.896. The molecule has 2 aromatic rings. The molecular weight excluding hydrogens is 234 g/mol. The van der Waals surface area contributed by atoms with E-state index in [1.165, 1.54) is 6.07 Å². The van der Waals surface area contributed by atoms with Gasteiger partial charge in [-0.25, -0.2) is 0 Å². The summed E-state index contributed by atoms with van der Waals surface area (Å²) in [6.45, 7) is 1.34. The van der Waals surface area contributed by atoms with Crippen molar-refractivity contribution in [2.24, 2.45) is 0 Å². The Morgan fingerprint density at radius 1 is 1.39 bits per heavy atom. The Bertz CT molecular complexity index is 561. The van der Waals surface area contributed by atoms with Crippen LogP contribution in [0.25, 0.3) is 11.5 Å². The highest BCUT2D eigenvalue weighted by molar-refractivity contribution is 5.66. The number of benzene rings is 1. The van der Waals surface area contributed by atoms with Crippen molar-refractivity contribution < 1.29 is 14.4 Å². The summed E-state index contributed by atoms with van der Waals surface area (Å²) in [6, 6.07) is 4.79. The van der Waals surface area contributed by atoms with Crippen molar-refractivity contribution in [2.45, 2.75) is 12.3 Å². The Balaban J connectivity index is 1.92. The van der Waals surface area contributed by atoms with Crippen LogP contribution in [-0.4, -0.2) is 28.5 Å². The maximum atomic E-state index is 9.79. The van der Waals surface area contributed by atoms with Crippen LogP contribution in [0.1, 0.15) is 18.2 Å². The maximum absolute atomic E-state index is 9.79. The number of rotatable bonds is 2. The molecule has 1 aliphatic heterocycles. The van der Waals surface area contributed by atoms with Crippen molar-refractivity contribution in [3.63, 3.8) is 0 Å². The largest absolute Gasteiger partial charge is 0.507 e. The molecule has 0 aliphatic carbocycles. The molecule has 1 saturated heterocycles. The average molecular weight is 247 g/mol. The van der Waals surface area contributed by atoms with E-state index < -0.39 is 0 Å². The fraction of sp³-hybridized carbons (Fsp3) is 0.333. The molecule has 3 N–H and O–H groups in total. The van der Waals surface area contributed by atoms with E-state index in [4.69, 9.17) is 15.0 Å². The Morgan fingerprint density at radius 2 is 2.28 bits per heavy atom. The highest BCUT2D eigenvalue weighted by Crippen LogP contribution is 2.31. The SMILES string of the molecule is Nc1ccc(-c2nc(C3CCOC3)no2)c(O)c1. The van der Waals surface area contributed by atoms with Gasteiger partial charge >= 0.3 is 0 Å². The second kappa shape index (κ2) is 4.30. The van der Waals surface area contributed by atoms with E-state index in [0.717, 1.165) is 13.0 Å². The second-order valence-corrected chi connectivity index (χ2v) is 4.29. The zero-order chi connectivity index (χ0) is 12.5. The summed E-state index contributed by atoms with van der Waals surface area (Å²) in [5.74, 6) is 1.14. The van der Waals surface area contributed by atoms with E-state index in [2.05, 4.69) is 10.1 Å². The van der Waals surface area contributed by atoms with Gasteiger partial charge in [0.05, 0.1) is 12.2 Å². The third kappa shape index (κ3) is 1.91. The zero-order valence-corrected chi connectivity index (χ0v) is 9.67. The quantitative estimate of drug-likeness (QED) is 0.781. The van der Waals surface area contributed by atoms with Crippen LogP contribution in [0.3, 0.4) is 0 Å². The summed E-state index contributed by atoms with van der Waals surface area (Å²) in [4.78, 5) is 4.29. The van der Waals surface area contributed by atoms with Crippen molar-refractivity contribution >= 4 is 5.69 Å². The summed E-state index contributed by atoms with van der Waals surface area (Å²) in [5.41, 5.74) is 6.54. The molecule has 6 heteroatoms. The minimum absolute atomic E-state index is 0.0351. The van der Waals surface area contributed by atoms with E-state index >= 15 is 0 Å². The van der Waals surface area contributed by atoms with Gasteiger partial charge in [-0.3, -0.25) is 0 Å². The highest BCUT2D eigenvalue weighted by atomic mass is 16.5. The molecule has 0 spiro atoms. The molecule has 2 heterocycles. The fourth-order valence-electron chi connectivity index (χ4n) is 1.98. The second-order valence-electron chi connectivity index (χ2n) is 4.29. The summed E-state index contributed by atoms with van der Waals surface area (Å²) in [5, 5.41) is 13.7. The van der Waals surface area contributed by atoms with Crippen LogP contribution < -0.4 is 5.73 Å². The van der Waals surface area contributed by atoms with E-state index in [1.807, 2.05) is 0 Å². The van der Waals surface area contributed by atoms with E-state index in [9.17, 15) is 5.11 Å². The van der Waals surface area contributed by atoms with Gasteiger partial charge in [-0.05, 0) is 18.6 Å². The number of nitrogens with two attached hydrogens (primary N) is 1. The first-order chi connectivity index (χ1) is 8.74. The Hall–Kier alpha value is -2.08. The molecule has 94 valence electrons. The zero-order valence-electron chi connectivity index (χ0n) is 9.67. The third-order valence-electron chi connectivity index (χ3n) is 2.99. The van der Waals surface area contributed by atoms with Gasteiger partial charge in [-0.1, -0.05) is 5.16 Å². The van der Waals surface area contributed by atoms with Gasteiger partial charge in [0, 0.05) is 24.3 Å². The number of phenols is 1. The van der Waals surface area contributed by atoms with Crippen LogP contribution in [0.5, 0.6) is 5.75 Å². The number of anilines is 1. The lowest BCUT2D eigenvalue weighted by atomic mass is 10.1. The monoisotopic (exact) mass is 247 g/mol. The number of ether oxygens (including phenoxy) is 1. The van der Waals surface area contributed by atoms with Gasteiger partial charge < -0.3 is 20.1 Å². The first kappa shape index (κ1) is 11.0. The number of hydrogen-bond donors (Lipinski definition) is 2. The highest BCUT2D eigenvalue weighted by Gasteiger charge is 2.24. The minimum atomic E-state index is 0.0351. The number of nitrogens with zero attached hydrogens (tertiary/aromatic N) is 2. The molecular formula is C12H13N3O3. The van der Waals surface area contributed by atoms with Crippen molar-refractivity contribution in [3.05, 3.63) is 24.0 Å². The Kier molecular flexibility index (Phi) is 2.64. The van der Waals surface area contributed by atoms with E-state index in [0.29, 0.717) is 29.6 Å².